The van der Waals surface area contributed by atoms with Gasteiger partial charge in [-0.1, -0.05) is 0 Å². The molecule has 0 bridgehead atoms. The first kappa shape index (κ1) is 26.0. The van der Waals surface area contributed by atoms with E-state index in [-0.39, 0.29) is 0 Å². The molecule has 0 unspecified atom stereocenters. The summed E-state index contributed by atoms with van der Waals surface area (Å²) < 4.78 is 24.5. The second-order valence-corrected chi connectivity index (χ2v) is 20.0. The van der Waals surface area contributed by atoms with Gasteiger partial charge in [-0.2, -0.15) is 0 Å². The van der Waals surface area contributed by atoms with E-state index in [4.69, 9.17) is 18.9 Å². The summed E-state index contributed by atoms with van der Waals surface area (Å²) in [6.07, 6.45) is -1.43. The summed E-state index contributed by atoms with van der Waals surface area (Å²) in [5.41, 5.74) is -1.21. The Balaban J connectivity index is 2.14. The normalized spacial score (nSPS) is 12.6. The molecule has 0 spiro atoms. The fourth-order valence-electron chi connectivity index (χ4n) is 2.82. The summed E-state index contributed by atoms with van der Waals surface area (Å²) in [7, 11) is 0. The standard InChI is InChI=1S/C25H34O6Te/c1-9-32(8,20-14-10-18(11-15-20)28-22(26)30-24(2,3)4)21-16-12-19(13-17-21)29-23(27)31-25(5,6)7/h10-17H,9H2,1-8H3. The molecule has 2 aromatic rings. The molecule has 0 atom stereocenters. The Morgan fingerprint density at radius 2 is 1.00 bits per heavy atom. The van der Waals surface area contributed by atoms with Gasteiger partial charge in [-0.3, -0.25) is 0 Å². The first-order chi connectivity index (χ1) is 14.7. The van der Waals surface area contributed by atoms with Crippen LogP contribution >= 0.6 is 0 Å². The Bertz CT molecular complexity index is 847. The molecule has 0 saturated carbocycles. The Morgan fingerprint density at radius 1 is 0.688 bits per heavy atom. The second-order valence-electron chi connectivity index (χ2n) is 9.45. The topological polar surface area (TPSA) is 71.1 Å². The number of carbonyl (C=O) groups excluding carboxylic acids is 2. The molecule has 0 amide bonds. The van der Waals surface area contributed by atoms with Gasteiger partial charge in [0.15, 0.2) is 0 Å². The summed E-state index contributed by atoms with van der Waals surface area (Å²) in [6, 6.07) is 15.3. The van der Waals surface area contributed by atoms with Crippen LogP contribution in [0.1, 0.15) is 48.5 Å². The van der Waals surface area contributed by atoms with Gasteiger partial charge in [0.2, 0.25) is 0 Å². The van der Waals surface area contributed by atoms with Gasteiger partial charge >= 0.3 is 195 Å². The Hall–Kier alpha value is -2.23. The Kier molecular flexibility index (Phi) is 8.25. The zero-order chi connectivity index (χ0) is 24.2. The zero-order valence-electron chi connectivity index (χ0n) is 20.2. The third-order valence-corrected chi connectivity index (χ3v) is 15.2. The molecule has 32 heavy (non-hydrogen) atoms. The first-order valence-corrected chi connectivity index (χ1v) is 16.8. The third kappa shape index (κ3) is 7.72. The molecule has 0 aromatic heterocycles. The predicted molar refractivity (Wildman–Crippen MR) is 128 cm³/mol. The summed E-state index contributed by atoms with van der Waals surface area (Å²) in [4.78, 5) is 26.1. The van der Waals surface area contributed by atoms with Gasteiger partial charge in [-0.05, 0) is 0 Å². The van der Waals surface area contributed by atoms with Crippen molar-refractivity contribution in [1.82, 2.24) is 0 Å². The van der Waals surface area contributed by atoms with Crippen molar-refractivity contribution in [3.05, 3.63) is 48.5 Å². The molecular weight excluding hydrogens is 524 g/mol. The van der Waals surface area contributed by atoms with E-state index in [1.54, 1.807) is 65.8 Å². The first-order valence-electron chi connectivity index (χ1n) is 10.5. The maximum atomic E-state index is 11.9. The van der Waals surface area contributed by atoms with Crippen LogP contribution in [-0.2, 0) is 9.47 Å². The average Bonchev–Trinajstić information content (AvgIpc) is 2.65. The summed E-state index contributed by atoms with van der Waals surface area (Å²) in [5, 5.41) is 0. The summed E-state index contributed by atoms with van der Waals surface area (Å²) in [6.45, 7) is 13.0. The van der Waals surface area contributed by atoms with Gasteiger partial charge in [0.1, 0.15) is 0 Å². The molecule has 0 fully saturated rings. The Labute approximate surface area is 195 Å². The molecule has 0 heterocycles. The van der Waals surface area contributed by atoms with Crippen molar-refractivity contribution in [2.24, 2.45) is 0 Å². The molecule has 2 aromatic carbocycles. The van der Waals surface area contributed by atoms with Crippen molar-refractivity contribution < 1.29 is 28.5 Å². The fraction of sp³-hybridized carbons (Fsp3) is 0.440. The average molecular weight is 558 g/mol. The molecule has 0 radical (unpaired) electrons. The van der Waals surface area contributed by atoms with E-state index in [1.165, 1.54) is 7.22 Å². The van der Waals surface area contributed by atoms with Crippen molar-refractivity contribution in [1.29, 1.82) is 0 Å². The van der Waals surface area contributed by atoms with Crippen LogP contribution in [0.5, 0.6) is 11.5 Å². The van der Waals surface area contributed by atoms with Gasteiger partial charge in [0.05, 0.1) is 0 Å². The van der Waals surface area contributed by atoms with Crippen LogP contribution < -0.4 is 16.7 Å². The minimum atomic E-state index is -2.66. The molecule has 0 N–H and O–H groups in total. The monoisotopic (exact) mass is 560 g/mol. The second kappa shape index (κ2) is 10.1. The molecule has 6 nitrogen and oxygen atoms in total. The van der Waals surface area contributed by atoms with Gasteiger partial charge in [-0.25, -0.2) is 0 Å². The molecule has 0 aliphatic carbocycles. The SMILES string of the molecule is CC[Te](C)(c1ccc(OC(=O)OC(C)(C)C)cc1)c1ccc(OC(=O)OC(C)(C)C)cc1. The molecule has 2 rings (SSSR count). The number of hydrogen-bond donors (Lipinski definition) is 0. The number of benzene rings is 2. The molecular formula is C25H34O6Te. The van der Waals surface area contributed by atoms with Crippen molar-refractivity contribution in [2.75, 3.05) is 0 Å². The maximum absolute atomic E-state index is 11.9. The van der Waals surface area contributed by atoms with Crippen LogP contribution in [0.25, 0.3) is 0 Å². The molecule has 0 aliphatic rings. The van der Waals surface area contributed by atoms with E-state index in [1.807, 2.05) is 24.3 Å². The van der Waals surface area contributed by atoms with Crippen LogP contribution in [0.4, 0.5) is 9.59 Å². The van der Waals surface area contributed by atoms with Crippen LogP contribution in [0.2, 0.25) is 9.44 Å². The van der Waals surface area contributed by atoms with Crippen LogP contribution in [0, 0.1) is 0 Å². The van der Waals surface area contributed by atoms with E-state index in [0.717, 1.165) is 4.47 Å². The molecule has 176 valence electrons. The van der Waals surface area contributed by atoms with Gasteiger partial charge in [-0.15, -0.1) is 0 Å². The van der Waals surface area contributed by atoms with E-state index >= 15 is 0 Å². The van der Waals surface area contributed by atoms with Crippen molar-refractivity contribution in [3.63, 3.8) is 0 Å². The Morgan fingerprint density at radius 3 is 1.25 bits per heavy atom. The molecule has 7 heteroatoms. The van der Waals surface area contributed by atoms with Gasteiger partial charge in [0, 0.05) is 0 Å². The van der Waals surface area contributed by atoms with Crippen LogP contribution in [0.15, 0.2) is 48.5 Å². The van der Waals surface area contributed by atoms with Crippen molar-refractivity contribution in [3.8, 4) is 11.5 Å². The zero-order valence-corrected chi connectivity index (χ0v) is 22.5. The van der Waals surface area contributed by atoms with Crippen LogP contribution in [-0.4, -0.2) is 41.7 Å². The van der Waals surface area contributed by atoms with Crippen LogP contribution in [0.3, 0.4) is 0 Å². The van der Waals surface area contributed by atoms with E-state index in [2.05, 4.69) is 11.9 Å². The third-order valence-electron chi connectivity index (χ3n) is 4.45. The van der Waals surface area contributed by atoms with E-state index < -0.39 is 41.7 Å². The van der Waals surface area contributed by atoms with Crippen molar-refractivity contribution >= 4 is 37.7 Å². The number of carbonyl (C=O) groups is 2. The summed E-state index contributed by atoms with van der Waals surface area (Å²) >= 11 is -2.66. The molecule has 0 saturated heterocycles. The van der Waals surface area contributed by atoms with E-state index in [9.17, 15) is 9.59 Å². The van der Waals surface area contributed by atoms with Gasteiger partial charge in [0.25, 0.3) is 0 Å². The summed E-state index contributed by atoms with van der Waals surface area (Å²) in [5.74, 6) is 0.899. The minimum absolute atomic E-state index is 0.449. The van der Waals surface area contributed by atoms with Crippen molar-refractivity contribution in [2.45, 2.75) is 69.1 Å². The fourth-order valence-corrected chi connectivity index (χ4v) is 9.70. The number of hydrogen-bond acceptors (Lipinski definition) is 6. The van der Waals surface area contributed by atoms with E-state index in [0.29, 0.717) is 11.5 Å². The predicted octanol–water partition coefficient (Wildman–Crippen LogP) is 5.53. The quantitative estimate of drug-likeness (QED) is 0.273. The number of rotatable bonds is 5. The van der Waals surface area contributed by atoms with Gasteiger partial charge < -0.3 is 0 Å². The number of ether oxygens (including phenoxy) is 4. The molecule has 0 aliphatic heterocycles.